The molecule has 0 aliphatic rings. The minimum Gasteiger partial charge on any atom is -0.493 e. The SMILES string of the molecule is COc1cccc2cc(C(N)=O)c(=Nc3ccc(F)c(Cl)c3)oc12. The van der Waals surface area contributed by atoms with Gasteiger partial charge in [-0.2, -0.15) is 0 Å². The van der Waals surface area contributed by atoms with Crippen molar-refractivity contribution in [2.24, 2.45) is 10.7 Å². The molecule has 2 aromatic carbocycles. The van der Waals surface area contributed by atoms with Gasteiger partial charge in [0.1, 0.15) is 11.4 Å². The molecule has 1 amide bonds. The second kappa shape index (κ2) is 6.33. The number of nitrogens with two attached hydrogens (primary N) is 1. The fourth-order valence-electron chi connectivity index (χ4n) is 2.22. The van der Waals surface area contributed by atoms with Gasteiger partial charge in [-0.25, -0.2) is 9.38 Å². The summed E-state index contributed by atoms with van der Waals surface area (Å²) in [4.78, 5) is 15.9. The number of carbonyl (C=O) groups excluding carboxylic acids is 1. The van der Waals surface area contributed by atoms with Crippen LogP contribution < -0.4 is 16.0 Å². The van der Waals surface area contributed by atoms with Crippen molar-refractivity contribution in [3.63, 3.8) is 0 Å². The minimum absolute atomic E-state index is 0.0119. The predicted molar refractivity (Wildman–Crippen MR) is 87.9 cm³/mol. The Kier molecular flexibility index (Phi) is 4.22. The summed E-state index contributed by atoms with van der Waals surface area (Å²) in [7, 11) is 1.50. The highest BCUT2D eigenvalue weighted by atomic mass is 35.5. The van der Waals surface area contributed by atoms with Crippen molar-refractivity contribution in [3.8, 4) is 5.75 Å². The Balaban J connectivity index is 2.31. The van der Waals surface area contributed by atoms with Crippen LogP contribution in [0.25, 0.3) is 11.0 Å². The van der Waals surface area contributed by atoms with Gasteiger partial charge in [0.25, 0.3) is 5.91 Å². The first-order valence-electron chi connectivity index (χ1n) is 6.90. The van der Waals surface area contributed by atoms with Gasteiger partial charge in [0.2, 0.25) is 5.55 Å². The van der Waals surface area contributed by atoms with Crippen LogP contribution >= 0.6 is 11.6 Å². The molecule has 0 saturated carbocycles. The lowest BCUT2D eigenvalue weighted by Gasteiger charge is -2.06. The van der Waals surface area contributed by atoms with Gasteiger partial charge in [-0.05, 0) is 30.3 Å². The summed E-state index contributed by atoms with van der Waals surface area (Å²) in [5.41, 5.74) is 6.22. The van der Waals surface area contributed by atoms with E-state index in [9.17, 15) is 9.18 Å². The molecule has 0 aliphatic carbocycles. The van der Waals surface area contributed by atoms with E-state index in [4.69, 9.17) is 26.5 Å². The molecule has 3 rings (SSSR count). The maximum absolute atomic E-state index is 13.3. The first kappa shape index (κ1) is 16.0. The third-order valence-electron chi connectivity index (χ3n) is 3.36. The van der Waals surface area contributed by atoms with Crippen molar-refractivity contribution < 1.29 is 18.3 Å². The maximum atomic E-state index is 13.3. The smallest absolute Gasteiger partial charge is 0.254 e. The second-order valence-electron chi connectivity index (χ2n) is 4.92. The minimum atomic E-state index is -0.699. The molecule has 0 atom stereocenters. The van der Waals surface area contributed by atoms with E-state index < -0.39 is 11.7 Å². The summed E-state index contributed by atoms with van der Waals surface area (Å²) >= 11 is 5.75. The number of nitrogens with zero attached hydrogens (tertiary/aromatic N) is 1. The molecule has 0 bridgehead atoms. The number of primary amides is 1. The van der Waals surface area contributed by atoms with Crippen LogP contribution in [0.4, 0.5) is 10.1 Å². The number of carbonyl (C=O) groups is 1. The van der Waals surface area contributed by atoms with Crippen molar-refractivity contribution >= 4 is 34.2 Å². The third-order valence-corrected chi connectivity index (χ3v) is 3.65. The van der Waals surface area contributed by atoms with Crippen molar-refractivity contribution in [2.75, 3.05) is 7.11 Å². The molecule has 122 valence electrons. The largest absolute Gasteiger partial charge is 0.493 e. The standard InChI is InChI=1S/C17H12ClFN2O3/c1-23-14-4-2-3-9-7-11(16(20)22)17(24-15(9)14)21-10-5-6-13(19)12(18)8-10/h2-8H,1H3,(H2,20,22). The summed E-state index contributed by atoms with van der Waals surface area (Å²) in [5.74, 6) is -0.782. The molecule has 3 aromatic rings. The number of halogens is 2. The Morgan fingerprint density at radius 1 is 1.29 bits per heavy atom. The van der Waals surface area contributed by atoms with Crippen LogP contribution in [0.5, 0.6) is 5.75 Å². The number of ether oxygens (including phenoxy) is 1. The van der Waals surface area contributed by atoms with Crippen molar-refractivity contribution in [3.05, 3.63) is 64.4 Å². The van der Waals surface area contributed by atoms with Gasteiger partial charge in [-0.3, -0.25) is 4.79 Å². The molecule has 0 saturated heterocycles. The number of hydrogen-bond donors (Lipinski definition) is 1. The Hall–Kier alpha value is -2.86. The highest BCUT2D eigenvalue weighted by molar-refractivity contribution is 6.31. The summed E-state index contributed by atoms with van der Waals surface area (Å²) in [5, 5.41) is 0.550. The van der Waals surface area contributed by atoms with Gasteiger partial charge in [0.05, 0.1) is 17.8 Å². The zero-order chi connectivity index (χ0) is 17.3. The molecule has 5 nitrogen and oxygen atoms in total. The lowest BCUT2D eigenvalue weighted by Crippen LogP contribution is -2.21. The normalized spacial score (nSPS) is 11.7. The Labute approximate surface area is 141 Å². The lowest BCUT2D eigenvalue weighted by molar-refractivity contribution is 0.0996. The van der Waals surface area contributed by atoms with E-state index in [0.717, 1.165) is 0 Å². The monoisotopic (exact) mass is 346 g/mol. The second-order valence-corrected chi connectivity index (χ2v) is 5.33. The third kappa shape index (κ3) is 2.96. The Bertz CT molecular complexity index is 1010. The summed E-state index contributed by atoms with van der Waals surface area (Å²) in [6.45, 7) is 0. The first-order valence-corrected chi connectivity index (χ1v) is 7.28. The molecule has 0 spiro atoms. The molecule has 0 fully saturated rings. The van der Waals surface area contributed by atoms with Crippen LogP contribution in [0.2, 0.25) is 5.02 Å². The van der Waals surface area contributed by atoms with Crippen molar-refractivity contribution in [1.29, 1.82) is 0 Å². The van der Waals surface area contributed by atoms with Crippen LogP contribution in [0.15, 0.2) is 51.9 Å². The van der Waals surface area contributed by atoms with Crippen LogP contribution in [0, 0.1) is 5.82 Å². The van der Waals surface area contributed by atoms with Gasteiger partial charge in [-0.1, -0.05) is 23.7 Å². The average molecular weight is 347 g/mol. The zero-order valence-electron chi connectivity index (χ0n) is 12.5. The average Bonchev–Trinajstić information content (AvgIpc) is 2.57. The number of amides is 1. The van der Waals surface area contributed by atoms with E-state index in [1.165, 1.54) is 25.3 Å². The molecule has 1 heterocycles. The fraction of sp³-hybridized carbons (Fsp3) is 0.0588. The van der Waals surface area contributed by atoms with Crippen LogP contribution in [-0.4, -0.2) is 13.0 Å². The quantitative estimate of drug-likeness (QED) is 0.787. The zero-order valence-corrected chi connectivity index (χ0v) is 13.3. The van der Waals surface area contributed by atoms with Crippen molar-refractivity contribution in [2.45, 2.75) is 0 Å². The van der Waals surface area contributed by atoms with E-state index >= 15 is 0 Å². The molecule has 7 heteroatoms. The number of rotatable bonds is 3. The number of methoxy groups -OCH3 is 1. The highest BCUT2D eigenvalue weighted by Gasteiger charge is 2.12. The van der Waals surface area contributed by atoms with Gasteiger partial charge >= 0.3 is 0 Å². The van der Waals surface area contributed by atoms with Gasteiger partial charge in [-0.15, -0.1) is 0 Å². The molecule has 2 N–H and O–H groups in total. The Morgan fingerprint density at radius 3 is 2.75 bits per heavy atom. The van der Waals surface area contributed by atoms with E-state index in [0.29, 0.717) is 22.4 Å². The first-order chi connectivity index (χ1) is 11.5. The van der Waals surface area contributed by atoms with Crippen LogP contribution in [0.1, 0.15) is 10.4 Å². The predicted octanol–water partition coefficient (Wildman–Crippen LogP) is 3.57. The number of fused-ring (bicyclic) bond motifs is 1. The number of para-hydroxylation sites is 1. The summed E-state index contributed by atoms with van der Waals surface area (Å²) in [6.07, 6.45) is 0. The molecule has 0 radical (unpaired) electrons. The van der Waals surface area contributed by atoms with Crippen LogP contribution in [-0.2, 0) is 0 Å². The topological polar surface area (TPSA) is 77.8 Å². The summed E-state index contributed by atoms with van der Waals surface area (Å²) < 4.78 is 24.2. The summed E-state index contributed by atoms with van der Waals surface area (Å²) in [6, 6.07) is 10.7. The van der Waals surface area contributed by atoms with E-state index in [-0.39, 0.29) is 16.1 Å². The molecular formula is C17H12ClFN2O3. The molecular weight excluding hydrogens is 335 g/mol. The Morgan fingerprint density at radius 2 is 2.08 bits per heavy atom. The van der Waals surface area contributed by atoms with Crippen molar-refractivity contribution in [1.82, 2.24) is 0 Å². The van der Waals surface area contributed by atoms with E-state index in [1.807, 2.05) is 0 Å². The maximum Gasteiger partial charge on any atom is 0.254 e. The highest BCUT2D eigenvalue weighted by Crippen LogP contribution is 2.25. The van der Waals surface area contributed by atoms with E-state index in [1.54, 1.807) is 24.3 Å². The fourth-order valence-corrected chi connectivity index (χ4v) is 2.39. The molecule has 0 aliphatic heterocycles. The lowest BCUT2D eigenvalue weighted by atomic mass is 10.1. The van der Waals surface area contributed by atoms with Crippen LogP contribution in [0.3, 0.4) is 0 Å². The molecule has 24 heavy (non-hydrogen) atoms. The number of benzene rings is 2. The molecule has 0 unspecified atom stereocenters. The van der Waals surface area contributed by atoms with Gasteiger partial charge in [0, 0.05) is 5.39 Å². The van der Waals surface area contributed by atoms with E-state index in [2.05, 4.69) is 4.99 Å². The number of hydrogen-bond acceptors (Lipinski definition) is 4. The molecule has 1 aromatic heterocycles. The van der Waals surface area contributed by atoms with Gasteiger partial charge < -0.3 is 14.9 Å². The van der Waals surface area contributed by atoms with Gasteiger partial charge in [0.15, 0.2) is 11.3 Å².